The standard InChI is InChI=1S/C30H39BrN6O2/c1-2-36-29(39)27(28(32)37-19-24(34-30(36)37)16-21-10-6-5-7-11-21)35(18-22-14-15-26(38)25(31)17-22)20-33-23-12-8-3-4-9-13-23/h5-7,10-11,14-15,17,23-24,33,38H,2-4,8-9,12-13,16,18-20,32H2,1H3/t24-/m1/s1. The SMILES string of the molecule is CCN1C(=O)C(N(CNC2CCCCCC2)Cc2ccc(O)c(Br)c2)=C(N)N2C[C@@H](Cc3ccccc3)N=C12. The van der Waals surface area contributed by atoms with Crippen molar-refractivity contribution in [1.29, 1.82) is 0 Å². The van der Waals surface area contributed by atoms with Gasteiger partial charge in [0.25, 0.3) is 5.91 Å². The lowest BCUT2D eigenvalue weighted by atomic mass is 10.1. The summed E-state index contributed by atoms with van der Waals surface area (Å²) in [5.74, 6) is 1.17. The van der Waals surface area contributed by atoms with Crippen molar-refractivity contribution in [2.24, 2.45) is 10.7 Å². The number of aliphatic imine (C=N–C) groups is 1. The molecule has 0 bridgehead atoms. The summed E-state index contributed by atoms with van der Waals surface area (Å²) in [4.78, 5) is 24.8. The number of carbonyl (C=O) groups is 1. The topological polar surface area (TPSA) is 97.4 Å². The van der Waals surface area contributed by atoms with Gasteiger partial charge in [0.15, 0.2) is 0 Å². The van der Waals surface area contributed by atoms with Crippen molar-refractivity contribution in [3.63, 3.8) is 0 Å². The summed E-state index contributed by atoms with van der Waals surface area (Å²) in [7, 11) is 0. The van der Waals surface area contributed by atoms with E-state index in [9.17, 15) is 9.90 Å². The second kappa shape index (κ2) is 12.4. The molecule has 39 heavy (non-hydrogen) atoms. The Balaban J connectivity index is 1.44. The van der Waals surface area contributed by atoms with E-state index in [1.165, 1.54) is 31.2 Å². The smallest absolute Gasteiger partial charge is 0.280 e. The van der Waals surface area contributed by atoms with E-state index >= 15 is 0 Å². The first-order chi connectivity index (χ1) is 18.9. The number of amides is 1. The van der Waals surface area contributed by atoms with Crippen molar-refractivity contribution >= 4 is 27.8 Å². The van der Waals surface area contributed by atoms with Crippen LogP contribution in [0.25, 0.3) is 0 Å². The molecule has 0 saturated heterocycles. The number of hydrogen-bond acceptors (Lipinski definition) is 7. The molecule has 2 aromatic carbocycles. The van der Waals surface area contributed by atoms with Gasteiger partial charge in [-0.1, -0.05) is 62.1 Å². The van der Waals surface area contributed by atoms with Gasteiger partial charge in [-0.25, -0.2) is 4.99 Å². The fraction of sp³-hybridized carbons (Fsp3) is 0.467. The zero-order valence-corrected chi connectivity index (χ0v) is 24.2. The summed E-state index contributed by atoms with van der Waals surface area (Å²) in [5.41, 5.74) is 9.52. The van der Waals surface area contributed by atoms with Crippen LogP contribution in [0, 0.1) is 0 Å². The van der Waals surface area contributed by atoms with Gasteiger partial charge < -0.3 is 15.7 Å². The van der Waals surface area contributed by atoms with E-state index in [-0.39, 0.29) is 17.7 Å². The van der Waals surface area contributed by atoms with Crippen LogP contribution in [0.3, 0.4) is 0 Å². The van der Waals surface area contributed by atoms with Crippen molar-refractivity contribution < 1.29 is 9.90 Å². The lowest BCUT2D eigenvalue weighted by Gasteiger charge is -2.40. The number of fused-ring (bicyclic) bond motifs is 1. The highest BCUT2D eigenvalue weighted by molar-refractivity contribution is 9.10. The first-order valence-electron chi connectivity index (χ1n) is 14.1. The maximum atomic E-state index is 14.0. The highest BCUT2D eigenvalue weighted by atomic mass is 79.9. The average Bonchev–Trinajstić information content (AvgIpc) is 3.16. The molecule has 2 aromatic rings. The minimum atomic E-state index is -0.120. The lowest BCUT2D eigenvalue weighted by molar-refractivity contribution is -0.126. The van der Waals surface area contributed by atoms with Crippen LogP contribution in [0.2, 0.25) is 0 Å². The van der Waals surface area contributed by atoms with Crippen LogP contribution in [0.4, 0.5) is 0 Å². The minimum absolute atomic E-state index is 0.0211. The summed E-state index contributed by atoms with van der Waals surface area (Å²) >= 11 is 3.44. The number of phenolic OH excluding ortho intramolecular Hbond substituents is 1. The van der Waals surface area contributed by atoms with E-state index in [0.29, 0.717) is 54.3 Å². The number of likely N-dealkylation sites (N-methyl/N-ethyl adjacent to an activating group) is 1. The van der Waals surface area contributed by atoms with E-state index in [4.69, 9.17) is 10.7 Å². The molecule has 0 unspecified atom stereocenters. The van der Waals surface area contributed by atoms with Crippen LogP contribution in [0.15, 0.2) is 69.5 Å². The number of phenols is 1. The Morgan fingerprint density at radius 1 is 1.10 bits per heavy atom. The largest absolute Gasteiger partial charge is 0.507 e. The fourth-order valence-electron chi connectivity index (χ4n) is 5.83. The average molecular weight is 596 g/mol. The molecular formula is C30H39BrN6O2. The van der Waals surface area contributed by atoms with Gasteiger partial charge in [-0.2, -0.15) is 0 Å². The highest BCUT2D eigenvalue weighted by Crippen LogP contribution is 2.30. The Bertz CT molecular complexity index is 1230. The molecule has 2 aliphatic heterocycles. The Labute approximate surface area is 239 Å². The number of carbonyl (C=O) groups excluding carboxylic acids is 1. The van der Waals surface area contributed by atoms with Gasteiger partial charge in [0.05, 0.1) is 23.7 Å². The van der Waals surface area contributed by atoms with Crippen molar-refractivity contribution in [3.05, 3.63) is 75.6 Å². The molecule has 208 valence electrons. The molecule has 1 fully saturated rings. The fourth-order valence-corrected chi connectivity index (χ4v) is 6.25. The molecule has 4 N–H and O–H groups in total. The molecule has 0 spiro atoms. The van der Waals surface area contributed by atoms with E-state index < -0.39 is 0 Å². The van der Waals surface area contributed by atoms with Gasteiger partial charge in [-0.05, 0) is 65.4 Å². The van der Waals surface area contributed by atoms with Crippen molar-refractivity contribution in [1.82, 2.24) is 20.0 Å². The van der Waals surface area contributed by atoms with Gasteiger partial charge >= 0.3 is 0 Å². The van der Waals surface area contributed by atoms with Crippen LogP contribution in [-0.4, -0.2) is 63.5 Å². The molecule has 1 amide bonds. The zero-order valence-electron chi connectivity index (χ0n) is 22.7. The second-order valence-corrected chi connectivity index (χ2v) is 11.6. The van der Waals surface area contributed by atoms with Crippen molar-refractivity contribution in [3.8, 4) is 5.75 Å². The summed E-state index contributed by atoms with van der Waals surface area (Å²) in [6.07, 6.45) is 8.11. The monoisotopic (exact) mass is 594 g/mol. The van der Waals surface area contributed by atoms with Gasteiger partial charge in [0.1, 0.15) is 17.3 Å². The molecule has 2 heterocycles. The van der Waals surface area contributed by atoms with Crippen molar-refractivity contribution in [2.75, 3.05) is 19.8 Å². The predicted octanol–water partition coefficient (Wildman–Crippen LogP) is 4.50. The quantitative estimate of drug-likeness (QED) is 0.292. The van der Waals surface area contributed by atoms with Crippen LogP contribution in [0.1, 0.15) is 56.6 Å². The molecule has 1 aliphatic carbocycles. The summed E-state index contributed by atoms with van der Waals surface area (Å²) in [6.45, 7) is 4.12. The molecule has 0 aromatic heterocycles. The summed E-state index contributed by atoms with van der Waals surface area (Å²) in [5, 5.41) is 13.8. The number of aromatic hydroxyl groups is 1. The highest BCUT2D eigenvalue weighted by Gasteiger charge is 2.42. The van der Waals surface area contributed by atoms with Crippen LogP contribution in [0.5, 0.6) is 5.75 Å². The Morgan fingerprint density at radius 2 is 1.85 bits per heavy atom. The van der Waals surface area contributed by atoms with Gasteiger partial charge in [-0.15, -0.1) is 0 Å². The molecule has 5 rings (SSSR count). The number of halogens is 1. The first kappa shape index (κ1) is 27.5. The molecular weight excluding hydrogens is 556 g/mol. The minimum Gasteiger partial charge on any atom is -0.507 e. The van der Waals surface area contributed by atoms with Gasteiger partial charge in [0.2, 0.25) is 5.96 Å². The predicted molar refractivity (Wildman–Crippen MR) is 158 cm³/mol. The zero-order chi connectivity index (χ0) is 27.4. The Morgan fingerprint density at radius 3 is 2.54 bits per heavy atom. The maximum absolute atomic E-state index is 14.0. The van der Waals surface area contributed by atoms with E-state index in [0.717, 1.165) is 24.8 Å². The number of rotatable bonds is 9. The number of nitrogens with zero attached hydrogens (tertiary/aromatic N) is 4. The van der Waals surface area contributed by atoms with Crippen LogP contribution < -0.4 is 11.1 Å². The second-order valence-electron chi connectivity index (χ2n) is 10.7. The van der Waals surface area contributed by atoms with E-state index in [1.807, 2.05) is 42.2 Å². The molecule has 8 nitrogen and oxygen atoms in total. The molecule has 9 heteroatoms. The van der Waals surface area contributed by atoms with Gasteiger partial charge in [0, 0.05) is 19.1 Å². The normalized spacial score (nSPS) is 20.2. The number of guanidine groups is 1. The number of hydrogen-bond donors (Lipinski definition) is 3. The number of nitrogens with two attached hydrogens (primary N) is 1. The summed E-state index contributed by atoms with van der Waals surface area (Å²) < 4.78 is 0.626. The lowest BCUT2D eigenvalue weighted by Crippen LogP contribution is -2.56. The van der Waals surface area contributed by atoms with E-state index in [1.54, 1.807) is 11.0 Å². The van der Waals surface area contributed by atoms with Crippen LogP contribution in [-0.2, 0) is 17.8 Å². The third kappa shape index (κ3) is 6.25. The van der Waals surface area contributed by atoms with Crippen molar-refractivity contribution in [2.45, 2.75) is 70.5 Å². The number of benzene rings is 2. The first-order valence-corrected chi connectivity index (χ1v) is 14.9. The molecule has 3 aliphatic rings. The van der Waals surface area contributed by atoms with Gasteiger partial charge in [-0.3, -0.25) is 19.9 Å². The Kier molecular flexibility index (Phi) is 8.77. The Hall–Kier alpha value is -3.04. The maximum Gasteiger partial charge on any atom is 0.280 e. The third-order valence-electron chi connectivity index (χ3n) is 7.91. The summed E-state index contributed by atoms with van der Waals surface area (Å²) in [6, 6.07) is 16.2. The third-order valence-corrected chi connectivity index (χ3v) is 8.55. The molecule has 1 atom stereocenters. The number of nitrogens with one attached hydrogen (secondary N) is 1. The molecule has 0 radical (unpaired) electrons. The molecule has 1 saturated carbocycles. The van der Waals surface area contributed by atoms with Crippen LogP contribution >= 0.6 is 15.9 Å². The van der Waals surface area contributed by atoms with E-state index in [2.05, 4.69) is 38.3 Å².